The highest BCUT2D eigenvalue weighted by Crippen LogP contribution is 2.41. The molecule has 0 spiro atoms. The number of hydrogen-bond donors (Lipinski definition) is 1. The summed E-state index contributed by atoms with van der Waals surface area (Å²) in [5.41, 5.74) is 1.01. The van der Waals surface area contributed by atoms with Crippen molar-refractivity contribution in [1.29, 1.82) is 0 Å². The van der Waals surface area contributed by atoms with E-state index in [1.54, 1.807) is 6.20 Å². The second kappa shape index (κ2) is 6.17. The molecule has 0 saturated heterocycles. The maximum absolute atomic E-state index is 11.5. The lowest BCUT2D eigenvalue weighted by Gasteiger charge is -2.33. The molecule has 5 nitrogen and oxygen atoms in total. The van der Waals surface area contributed by atoms with E-state index in [0.717, 1.165) is 44.3 Å². The van der Waals surface area contributed by atoms with Gasteiger partial charge in [0.25, 0.3) is 0 Å². The van der Waals surface area contributed by atoms with Gasteiger partial charge in [-0.2, -0.15) is 0 Å². The van der Waals surface area contributed by atoms with Crippen LogP contribution in [-0.2, 0) is 11.3 Å². The van der Waals surface area contributed by atoms with Crippen molar-refractivity contribution in [3.8, 4) is 0 Å². The molecule has 0 bridgehead atoms. The van der Waals surface area contributed by atoms with Gasteiger partial charge in [-0.05, 0) is 31.6 Å². The molecule has 19 heavy (non-hydrogen) atoms. The molecule has 1 N–H and O–H groups in total. The Hall–Kier alpha value is -1.39. The molecule has 106 valence electrons. The molecule has 5 heteroatoms. The van der Waals surface area contributed by atoms with E-state index in [2.05, 4.69) is 24.2 Å². The van der Waals surface area contributed by atoms with Gasteiger partial charge in [-0.3, -0.25) is 4.79 Å². The SMILES string of the molecule is CCCn1nncc1C1CC(CC)CCC1C(=O)O. The number of carboxylic acids is 1. The lowest BCUT2D eigenvalue weighted by atomic mass is 9.72. The van der Waals surface area contributed by atoms with E-state index in [1.807, 2.05) is 4.68 Å². The van der Waals surface area contributed by atoms with E-state index in [4.69, 9.17) is 0 Å². The van der Waals surface area contributed by atoms with E-state index < -0.39 is 5.97 Å². The minimum absolute atomic E-state index is 0.0674. The average Bonchev–Trinajstić information content (AvgIpc) is 2.86. The lowest BCUT2D eigenvalue weighted by Crippen LogP contribution is -2.30. The molecule has 1 saturated carbocycles. The number of carbonyl (C=O) groups is 1. The Labute approximate surface area is 114 Å². The van der Waals surface area contributed by atoms with Crippen molar-refractivity contribution in [2.24, 2.45) is 11.8 Å². The van der Waals surface area contributed by atoms with Crippen molar-refractivity contribution >= 4 is 5.97 Å². The van der Waals surface area contributed by atoms with Crippen molar-refractivity contribution in [3.63, 3.8) is 0 Å². The third kappa shape index (κ3) is 2.96. The summed E-state index contributed by atoms with van der Waals surface area (Å²) in [6.07, 6.45) is 6.62. The van der Waals surface area contributed by atoms with E-state index in [1.165, 1.54) is 0 Å². The maximum atomic E-state index is 11.5. The Kier molecular flexibility index (Phi) is 4.56. The zero-order valence-corrected chi connectivity index (χ0v) is 11.7. The van der Waals surface area contributed by atoms with Gasteiger partial charge in [0.1, 0.15) is 0 Å². The predicted molar refractivity (Wildman–Crippen MR) is 71.8 cm³/mol. The molecule has 0 radical (unpaired) electrons. The summed E-state index contributed by atoms with van der Waals surface area (Å²) in [5.74, 6) is -0.260. The van der Waals surface area contributed by atoms with Gasteiger partial charge in [0.15, 0.2) is 0 Å². The molecule has 0 aromatic carbocycles. The van der Waals surface area contributed by atoms with Crippen molar-refractivity contribution in [2.75, 3.05) is 0 Å². The summed E-state index contributed by atoms with van der Waals surface area (Å²) in [5, 5.41) is 17.5. The predicted octanol–water partition coefficient (Wildman–Crippen LogP) is 2.68. The highest BCUT2D eigenvalue weighted by atomic mass is 16.4. The summed E-state index contributed by atoms with van der Waals surface area (Å²) >= 11 is 0. The third-order valence-electron chi connectivity index (χ3n) is 4.32. The molecule has 0 aliphatic heterocycles. The van der Waals surface area contributed by atoms with Crippen LogP contribution in [-0.4, -0.2) is 26.1 Å². The first-order chi connectivity index (χ1) is 9.17. The van der Waals surface area contributed by atoms with E-state index in [-0.39, 0.29) is 11.8 Å². The van der Waals surface area contributed by atoms with Gasteiger partial charge in [0, 0.05) is 12.5 Å². The molecule has 1 aromatic heterocycles. The van der Waals surface area contributed by atoms with Gasteiger partial charge in [0.05, 0.1) is 17.8 Å². The van der Waals surface area contributed by atoms with E-state index in [9.17, 15) is 9.90 Å². The number of aliphatic carboxylic acids is 1. The van der Waals surface area contributed by atoms with E-state index >= 15 is 0 Å². The molecule has 1 aliphatic carbocycles. The zero-order chi connectivity index (χ0) is 13.8. The number of rotatable bonds is 5. The number of hydrogen-bond acceptors (Lipinski definition) is 3. The maximum Gasteiger partial charge on any atom is 0.307 e. The smallest absolute Gasteiger partial charge is 0.307 e. The first kappa shape index (κ1) is 14.0. The summed E-state index contributed by atoms with van der Waals surface area (Å²) in [6.45, 7) is 5.09. The van der Waals surface area contributed by atoms with Crippen LogP contribution in [0.3, 0.4) is 0 Å². The number of nitrogens with zero attached hydrogens (tertiary/aromatic N) is 3. The zero-order valence-electron chi connectivity index (χ0n) is 11.7. The number of aromatic nitrogens is 3. The highest BCUT2D eigenvalue weighted by Gasteiger charge is 2.37. The van der Waals surface area contributed by atoms with Gasteiger partial charge < -0.3 is 5.11 Å². The molecule has 0 amide bonds. The standard InChI is InChI=1S/C14H23N3O2/c1-3-7-17-13(9-15-16-17)12-8-10(4-2)5-6-11(12)14(18)19/h9-12H,3-8H2,1-2H3,(H,18,19). The van der Waals surface area contributed by atoms with Crippen LogP contribution in [0.15, 0.2) is 6.20 Å². The largest absolute Gasteiger partial charge is 0.481 e. The summed E-state index contributed by atoms with van der Waals surface area (Å²) in [4.78, 5) is 11.5. The molecular formula is C14H23N3O2. The van der Waals surface area contributed by atoms with Gasteiger partial charge >= 0.3 is 5.97 Å². The van der Waals surface area contributed by atoms with E-state index in [0.29, 0.717) is 5.92 Å². The topological polar surface area (TPSA) is 68.0 Å². The molecule has 2 rings (SSSR count). The Morgan fingerprint density at radius 3 is 2.89 bits per heavy atom. The van der Waals surface area contributed by atoms with Crippen LogP contribution in [0, 0.1) is 11.8 Å². The molecule has 1 aromatic rings. The fourth-order valence-electron chi connectivity index (χ4n) is 3.19. The van der Waals surface area contributed by atoms with Gasteiger partial charge in [-0.15, -0.1) is 5.10 Å². The normalized spacial score (nSPS) is 27.4. The minimum Gasteiger partial charge on any atom is -0.481 e. The molecule has 1 heterocycles. The van der Waals surface area contributed by atoms with Gasteiger partial charge in [-0.25, -0.2) is 4.68 Å². The average molecular weight is 265 g/mol. The molecule has 1 fully saturated rings. The fourth-order valence-corrected chi connectivity index (χ4v) is 3.19. The van der Waals surface area contributed by atoms with Crippen LogP contribution < -0.4 is 0 Å². The van der Waals surface area contributed by atoms with Crippen molar-refractivity contribution in [3.05, 3.63) is 11.9 Å². The second-order valence-electron chi connectivity index (χ2n) is 5.52. The Bertz CT molecular complexity index is 430. The summed E-state index contributed by atoms with van der Waals surface area (Å²) < 4.78 is 1.89. The first-order valence-corrected chi connectivity index (χ1v) is 7.28. The van der Waals surface area contributed by atoms with Crippen LogP contribution in [0.1, 0.15) is 57.6 Å². The van der Waals surface area contributed by atoms with Crippen molar-refractivity contribution < 1.29 is 9.90 Å². The van der Waals surface area contributed by atoms with Crippen LogP contribution >= 0.6 is 0 Å². The Morgan fingerprint density at radius 2 is 2.26 bits per heavy atom. The fraction of sp³-hybridized carbons (Fsp3) is 0.786. The van der Waals surface area contributed by atoms with Gasteiger partial charge in [-0.1, -0.05) is 25.5 Å². The summed E-state index contributed by atoms with van der Waals surface area (Å²) in [7, 11) is 0. The van der Waals surface area contributed by atoms with Crippen molar-refractivity contribution in [2.45, 2.75) is 58.4 Å². The molecule has 3 atom stereocenters. The third-order valence-corrected chi connectivity index (χ3v) is 4.32. The Balaban J connectivity index is 2.25. The second-order valence-corrected chi connectivity index (χ2v) is 5.52. The molecular weight excluding hydrogens is 242 g/mol. The Morgan fingerprint density at radius 1 is 1.47 bits per heavy atom. The quantitative estimate of drug-likeness (QED) is 0.888. The highest BCUT2D eigenvalue weighted by molar-refractivity contribution is 5.71. The first-order valence-electron chi connectivity index (χ1n) is 7.28. The number of carboxylic acid groups (broad SMARTS) is 1. The number of aryl methyl sites for hydroxylation is 1. The van der Waals surface area contributed by atoms with Crippen LogP contribution in [0.5, 0.6) is 0 Å². The van der Waals surface area contributed by atoms with Crippen LogP contribution in [0.4, 0.5) is 0 Å². The van der Waals surface area contributed by atoms with Crippen LogP contribution in [0.25, 0.3) is 0 Å². The molecule has 3 unspecified atom stereocenters. The summed E-state index contributed by atoms with van der Waals surface area (Å²) in [6, 6.07) is 0. The minimum atomic E-state index is -0.677. The van der Waals surface area contributed by atoms with Gasteiger partial charge in [0.2, 0.25) is 0 Å². The van der Waals surface area contributed by atoms with Crippen LogP contribution in [0.2, 0.25) is 0 Å². The van der Waals surface area contributed by atoms with Crippen molar-refractivity contribution in [1.82, 2.24) is 15.0 Å². The molecule has 1 aliphatic rings. The lowest BCUT2D eigenvalue weighted by molar-refractivity contribution is -0.144. The monoisotopic (exact) mass is 265 g/mol.